The monoisotopic (exact) mass is 463 g/mol. The lowest BCUT2D eigenvalue weighted by atomic mass is 9.95. The topological polar surface area (TPSA) is 107 Å². The van der Waals surface area contributed by atoms with E-state index in [1.807, 2.05) is 41.1 Å². The Kier molecular flexibility index (Phi) is 6.39. The predicted molar refractivity (Wildman–Crippen MR) is 124 cm³/mol. The molecule has 0 radical (unpaired) electrons. The van der Waals surface area contributed by atoms with Gasteiger partial charge in [0.05, 0.1) is 12.2 Å². The Morgan fingerprint density at radius 1 is 1.15 bits per heavy atom. The van der Waals surface area contributed by atoms with Crippen LogP contribution in [-0.4, -0.2) is 62.7 Å². The molecule has 10 nitrogen and oxygen atoms in total. The van der Waals surface area contributed by atoms with Gasteiger partial charge >= 0.3 is 0 Å². The minimum absolute atomic E-state index is 0.0483. The first kappa shape index (κ1) is 22.3. The summed E-state index contributed by atoms with van der Waals surface area (Å²) in [6, 6.07) is 11.1. The quantitative estimate of drug-likeness (QED) is 0.596. The van der Waals surface area contributed by atoms with Gasteiger partial charge in [0.1, 0.15) is 18.2 Å². The second-order valence-electron chi connectivity index (χ2n) is 8.94. The van der Waals surface area contributed by atoms with Crippen LogP contribution in [0.15, 0.2) is 42.7 Å². The summed E-state index contributed by atoms with van der Waals surface area (Å²) in [5, 5.41) is 11.8. The van der Waals surface area contributed by atoms with Crippen LogP contribution in [0.25, 0.3) is 0 Å². The minimum Gasteiger partial charge on any atom is -0.381 e. The number of hydrogen-bond donors (Lipinski definition) is 1. The Labute approximate surface area is 197 Å². The number of nitrogens with one attached hydrogen (secondary N) is 1. The van der Waals surface area contributed by atoms with E-state index < -0.39 is 11.9 Å². The smallest absolute Gasteiger partial charge is 0.291 e. The average Bonchev–Trinajstić information content (AvgIpc) is 3.47. The molecule has 1 saturated heterocycles. The molecule has 5 rings (SSSR count). The highest BCUT2D eigenvalue weighted by Crippen LogP contribution is 2.25. The van der Waals surface area contributed by atoms with Gasteiger partial charge in [-0.2, -0.15) is 5.10 Å². The van der Waals surface area contributed by atoms with Gasteiger partial charge in [-0.25, -0.2) is 14.3 Å². The van der Waals surface area contributed by atoms with E-state index in [-0.39, 0.29) is 11.7 Å². The minimum atomic E-state index is -0.667. The number of anilines is 1. The van der Waals surface area contributed by atoms with Crippen LogP contribution < -0.4 is 10.2 Å². The van der Waals surface area contributed by atoms with Crippen LogP contribution in [0.4, 0.5) is 5.82 Å². The van der Waals surface area contributed by atoms with Crippen LogP contribution >= 0.6 is 0 Å². The molecule has 3 aromatic rings. The number of likely N-dealkylation sites (N-methyl/N-ethyl adjacent to an activating group) is 1. The molecule has 178 valence electrons. The summed E-state index contributed by atoms with van der Waals surface area (Å²) in [6.07, 6.45) is 4.95. The highest BCUT2D eigenvalue weighted by Gasteiger charge is 2.31. The number of amides is 2. The number of nitrogens with zero attached hydrogens (tertiary/aromatic N) is 6. The van der Waals surface area contributed by atoms with E-state index in [0.29, 0.717) is 25.4 Å². The molecule has 2 aromatic heterocycles. The molecular weight excluding hydrogens is 434 g/mol. The summed E-state index contributed by atoms with van der Waals surface area (Å²) in [5.41, 5.74) is 2.06. The molecule has 2 aliphatic rings. The molecule has 10 heteroatoms. The van der Waals surface area contributed by atoms with Gasteiger partial charge < -0.3 is 10.1 Å². The number of ether oxygens (including phenoxy) is 1. The number of aromatic nitrogens is 5. The lowest BCUT2D eigenvalue weighted by Crippen LogP contribution is -2.47. The molecule has 2 aliphatic heterocycles. The Morgan fingerprint density at radius 3 is 2.74 bits per heavy atom. The molecule has 0 saturated carbocycles. The second-order valence-corrected chi connectivity index (χ2v) is 8.94. The van der Waals surface area contributed by atoms with Crippen molar-refractivity contribution in [3.05, 3.63) is 59.8 Å². The number of fused-ring (bicyclic) bond motifs is 1. The maximum absolute atomic E-state index is 13.1. The van der Waals surface area contributed by atoms with E-state index in [1.54, 1.807) is 16.6 Å². The van der Waals surface area contributed by atoms with Crippen molar-refractivity contribution in [2.75, 3.05) is 25.2 Å². The van der Waals surface area contributed by atoms with Gasteiger partial charge in [0, 0.05) is 32.9 Å². The van der Waals surface area contributed by atoms with Crippen molar-refractivity contribution in [1.29, 1.82) is 0 Å². The number of benzene rings is 1. The van der Waals surface area contributed by atoms with E-state index in [2.05, 4.69) is 15.4 Å². The third-order valence-electron chi connectivity index (χ3n) is 6.48. The zero-order valence-corrected chi connectivity index (χ0v) is 19.3. The van der Waals surface area contributed by atoms with Crippen molar-refractivity contribution < 1.29 is 14.3 Å². The van der Waals surface area contributed by atoms with Crippen molar-refractivity contribution in [1.82, 2.24) is 29.9 Å². The highest BCUT2D eigenvalue weighted by molar-refractivity contribution is 6.00. The zero-order valence-electron chi connectivity index (χ0n) is 19.3. The van der Waals surface area contributed by atoms with E-state index in [0.717, 1.165) is 49.6 Å². The molecule has 0 unspecified atom stereocenters. The maximum atomic E-state index is 13.1. The summed E-state index contributed by atoms with van der Waals surface area (Å²) < 4.78 is 8.93. The van der Waals surface area contributed by atoms with Crippen molar-refractivity contribution in [3.63, 3.8) is 0 Å². The fourth-order valence-electron chi connectivity index (χ4n) is 4.56. The van der Waals surface area contributed by atoms with E-state index in [4.69, 9.17) is 9.84 Å². The van der Waals surface area contributed by atoms with Crippen LogP contribution in [0.3, 0.4) is 0 Å². The van der Waals surface area contributed by atoms with Gasteiger partial charge in [-0.05, 0) is 37.2 Å². The standard InChI is InChI=1S/C24H29N7O3/c1-29-21-14-19(13-17-8-11-34-12-9-17)27-31(21)10-7-20(24(29)33)26-23(32)22-25-16-30(28-22)15-18-5-3-2-4-6-18/h2-6,14,16-17,20H,7-13,15H2,1H3,(H,26,32)/t20-/m1/s1. The lowest BCUT2D eigenvalue weighted by molar-refractivity contribution is -0.120. The first-order valence-corrected chi connectivity index (χ1v) is 11.7. The summed E-state index contributed by atoms with van der Waals surface area (Å²) in [6.45, 7) is 2.66. The third-order valence-corrected chi connectivity index (χ3v) is 6.48. The molecule has 1 N–H and O–H groups in total. The number of hydrogen-bond acceptors (Lipinski definition) is 6. The largest absolute Gasteiger partial charge is 0.381 e. The molecular formula is C24H29N7O3. The zero-order chi connectivity index (χ0) is 23.5. The summed E-state index contributed by atoms with van der Waals surface area (Å²) in [7, 11) is 1.73. The Bertz CT molecular complexity index is 1150. The lowest BCUT2D eigenvalue weighted by Gasteiger charge is -2.21. The third kappa shape index (κ3) is 4.86. The number of rotatable bonds is 6. The molecule has 0 bridgehead atoms. The van der Waals surface area contributed by atoms with Crippen molar-refractivity contribution >= 4 is 17.6 Å². The SMILES string of the molecule is CN1C(=O)[C@H](NC(=O)c2ncn(Cc3ccccc3)n2)CCn2nc(CC3CCOCC3)cc21. The van der Waals surface area contributed by atoms with Gasteiger partial charge in [-0.1, -0.05) is 30.3 Å². The van der Waals surface area contributed by atoms with Crippen molar-refractivity contribution in [2.24, 2.45) is 5.92 Å². The van der Waals surface area contributed by atoms with Crippen LogP contribution in [0, 0.1) is 5.92 Å². The van der Waals surface area contributed by atoms with Crippen LogP contribution in [0.5, 0.6) is 0 Å². The molecule has 1 fully saturated rings. The first-order valence-electron chi connectivity index (χ1n) is 11.7. The van der Waals surface area contributed by atoms with Gasteiger partial charge in [0.25, 0.3) is 11.8 Å². The van der Waals surface area contributed by atoms with Gasteiger partial charge in [0.15, 0.2) is 0 Å². The maximum Gasteiger partial charge on any atom is 0.291 e. The van der Waals surface area contributed by atoms with E-state index in [9.17, 15) is 9.59 Å². The van der Waals surface area contributed by atoms with Gasteiger partial charge in [-0.15, -0.1) is 5.10 Å². The highest BCUT2D eigenvalue weighted by atomic mass is 16.5. The van der Waals surface area contributed by atoms with Crippen LogP contribution in [-0.2, 0) is 29.0 Å². The fraction of sp³-hybridized carbons (Fsp3) is 0.458. The van der Waals surface area contributed by atoms with Gasteiger partial charge in [0.2, 0.25) is 5.82 Å². The van der Waals surface area contributed by atoms with Crippen LogP contribution in [0.2, 0.25) is 0 Å². The van der Waals surface area contributed by atoms with E-state index in [1.165, 1.54) is 6.33 Å². The molecule has 0 aliphatic carbocycles. The van der Waals surface area contributed by atoms with Crippen molar-refractivity contribution in [2.45, 2.75) is 44.8 Å². The number of aryl methyl sites for hydroxylation is 1. The Hall–Kier alpha value is -3.53. The molecule has 1 atom stereocenters. The summed E-state index contributed by atoms with van der Waals surface area (Å²) >= 11 is 0. The van der Waals surface area contributed by atoms with Crippen LogP contribution in [0.1, 0.15) is 41.1 Å². The average molecular weight is 464 g/mol. The normalized spacial score (nSPS) is 19.0. The molecule has 0 spiro atoms. The number of carbonyl (C=O) groups is 2. The first-order chi connectivity index (χ1) is 16.6. The molecule has 2 amide bonds. The Balaban J connectivity index is 1.22. The van der Waals surface area contributed by atoms with Gasteiger partial charge in [-0.3, -0.25) is 14.5 Å². The fourth-order valence-corrected chi connectivity index (χ4v) is 4.56. The summed E-state index contributed by atoms with van der Waals surface area (Å²) in [4.78, 5) is 31.6. The predicted octanol–water partition coefficient (Wildman–Crippen LogP) is 1.66. The second kappa shape index (κ2) is 9.76. The molecule has 1 aromatic carbocycles. The Morgan fingerprint density at radius 2 is 1.94 bits per heavy atom. The summed E-state index contributed by atoms with van der Waals surface area (Å²) in [5.74, 6) is 0.739. The molecule has 4 heterocycles. The number of carbonyl (C=O) groups excluding carboxylic acids is 2. The van der Waals surface area contributed by atoms with E-state index >= 15 is 0 Å². The van der Waals surface area contributed by atoms with Crippen molar-refractivity contribution in [3.8, 4) is 0 Å². The molecule has 34 heavy (non-hydrogen) atoms.